The predicted molar refractivity (Wildman–Crippen MR) is 66.1 cm³/mol. The van der Waals surface area contributed by atoms with E-state index in [1.165, 1.54) is 0 Å². The fraction of sp³-hybridized carbons (Fsp3) is 0.750. The summed E-state index contributed by atoms with van der Waals surface area (Å²) in [5.41, 5.74) is 6.73. The molecule has 1 amide bonds. The molecule has 1 atom stereocenters. The van der Waals surface area contributed by atoms with E-state index in [-0.39, 0.29) is 11.9 Å². The van der Waals surface area contributed by atoms with Crippen molar-refractivity contribution in [3.63, 3.8) is 0 Å². The van der Waals surface area contributed by atoms with Crippen LogP contribution in [-0.2, 0) is 9.53 Å². The average molecular weight is 228 g/mol. The van der Waals surface area contributed by atoms with Gasteiger partial charge in [0.25, 0.3) is 0 Å². The van der Waals surface area contributed by atoms with E-state index in [0.717, 1.165) is 18.4 Å². The van der Waals surface area contributed by atoms with Gasteiger partial charge in [0, 0.05) is 19.0 Å². The van der Waals surface area contributed by atoms with Gasteiger partial charge in [0.1, 0.15) is 0 Å². The van der Waals surface area contributed by atoms with E-state index >= 15 is 0 Å². The van der Waals surface area contributed by atoms with E-state index in [0.29, 0.717) is 26.2 Å². The van der Waals surface area contributed by atoms with Gasteiger partial charge in [-0.1, -0.05) is 25.5 Å². The Kier molecular flexibility index (Phi) is 8.85. The molecule has 4 heteroatoms. The molecule has 0 aliphatic rings. The summed E-state index contributed by atoms with van der Waals surface area (Å²) >= 11 is 0. The third kappa shape index (κ3) is 9.68. The SMILES string of the molecule is C=C(C)COCCNC(=O)CC(N)CCC. The van der Waals surface area contributed by atoms with Gasteiger partial charge in [-0.2, -0.15) is 0 Å². The summed E-state index contributed by atoms with van der Waals surface area (Å²) in [5.74, 6) is -0.000116. The normalized spacial score (nSPS) is 12.2. The van der Waals surface area contributed by atoms with Crippen molar-refractivity contribution in [3.05, 3.63) is 12.2 Å². The van der Waals surface area contributed by atoms with Gasteiger partial charge >= 0.3 is 0 Å². The van der Waals surface area contributed by atoms with Crippen LogP contribution in [0.2, 0.25) is 0 Å². The van der Waals surface area contributed by atoms with Crippen LogP contribution in [0.4, 0.5) is 0 Å². The van der Waals surface area contributed by atoms with Gasteiger partial charge < -0.3 is 15.8 Å². The molecule has 0 aliphatic carbocycles. The highest BCUT2D eigenvalue weighted by molar-refractivity contribution is 5.76. The summed E-state index contributed by atoms with van der Waals surface area (Å²) in [6, 6.07) is -0.0265. The van der Waals surface area contributed by atoms with Crippen LogP contribution >= 0.6 is 0 Å². The summed E-state index contributed by atoms with van der Waals surface area (Å²) in [6.07, 6.45) is 2.30. The first-order valence-electron chi connectivity index (χ1n) is 5.80. The largest absolute Gasteiger partial charge is 0.375 e. The summed E-state index contributed by atoms with van der Waals surface area (Å²) < 4.78 is 5.25. The van der Waals surface area contributed by atoms with Crippen LogP contribution in [0.25, 0.3) is 0 Å². The van der Waals surface area contributed by atoms with Gasteiger partial charge in [-0.15, -0.1) is 0 Å². The zero-order chi connectivity index (χ0) is 12.4. The van der Waals surface area contributed by atoms with Crippen molar-refractivity contribution >= 4 is 5.91 Å². The van der Waals surface area contributed by atoms with Crippen molar-refractivity contribution in [2.45, 2.75) is 39.2 Å². The number of hydrogen-bond acceptors (Lipinski definition) is 3. The van der Waals surface area contributed by atoms with Crippen LogP contribution in [-0.4, -0.2) is 31.7 Å². The molecule has 0 aliphatic heterocycles. The molecule has 0 heterocycles. The highest BCUT2D eigenvalue weighted by Crippen LogP contribution is 1.97. The van der Waals surface area contributed by atoms with Gasteiger partial charge in [-0.3, -0.25) is 4.79 Å². The predicted octanol–water partition coefficient (Wildman–Crippen LogP) is 1.21. The fourth-order valence-electron chi connectivity index (χ4n) is 1.29. The molecule has 0 saturated carbocycles. The van der Waals surface area contributed by atoms with Gasteiger partial charge in [0.15, 0.2) is 0 Å². The Labute approximate surface area is 98.2 Å². The number of carbonyl (C=O) groups is 1. The monoisotopic (exact) mass is 228 g/mol. The number of rotatable bonds is 9. The van der Waals surface area contributed by atoms with Gasteiger partial charge in [0.05, 0.1) is 13.2 Å². The van der Waals surface area contributed by atoms with Crippen molar-refractivity contribution in [1.82, 2.24) is 5.32 Å². The maximum atomic E-state index is 11.4. The number of carbonyl (C=O) groups excluding carboxylic acids is 1. The van der Waals surface area contributed by atoms with E-state index in [2.05, 4.69) is 18.8 Å². The summed E-state index contributed by atoms with van der Waals surface area (Å²) in [7, 11) is 0. The smallest absolute Gasteiger partial charge is 0.221 e. The van der Waals surface area contributed by atoms with Gasteiger partial charge in [0.2, 0.25) is 5.91 Å². The Bertz CT molecular complexity index is 217. The lowest BCUT2D eigenvalue weighted by Gasteiger charge is -2.10. The quantitative estimate of drug-likeness (QED) is 0.460. The highest BCUT2D eigenvalue weighted by atomic mass is 16.5. The molecule has 0 fully saturated rings. The van der Waals surface area contributed by atoms with E-state index in [1.54, 1.807) is 0 Å². The fourth-order valence-corrected chi connectivity index (χ4v) is 1.29. The Hall–Kier alpha value is -0.870. The van der Waals surface area contributed by atoms with Crippen molar-refractivity contribution in [3.8, 4) is 0 Å². The van der Waals surface area contributed by atoms with Crippen molar-refractivity contribution in [2.24, 2.45) is 5.73 Å². The molecule has 0 radical (unpaired) electrons. The molecule has 0 aromatic carbocycles. The molecule has 94 valence electrons. The van der Waals surface area contributed by atoms with Crippen molar-refractivity contribution in [1.29, 1.82) is 0 Å². The Morgan fingerprint density at radius 2 is 2.25 bits per heavy atom. The van der Waals surface area contributed by atoms with Gasteiger partial charge in [-0.25, -0.2) is 0 Å². The molecule has 1 unspecified atom stereocenters. The second-order valence-corrected chi connectivity index (χ2v) is 4.11. The van der Waals surface area contributed by atoms with Crippen LogP contribution in [0.1, 0.15) is 33.1 Å². The van der Waals surface area contributed by atoms with E-state index < -0.39 is 0 Å². The second-order valence-electron chi connectivity index (χ2n) is 4.11. The molecule has 0 bridgehead atoms. The maximum absolute atomic E-state index is 11.4. The number of amides is 1. The lowest BCUT2D eigenvalue weighted by atomic mass is 10.1. The molecule has 0 rings (SSSR count). The third-order valence-corrected chi connectivity index (χ3v) is 2.02. The molecular weight excluding hydrogens is 204 g/mol. The van der Waals surface area contributed by atoms with Gasteiger partial charge in [-0.05, 0) is 13.3 Å². The molecule has 4 nitrogen and oxygen atoms in total. The van der Waals surface area contributed by atoms with Crippen LogP contribution in [0.5, 0.6) is 0 Å². The van der Waals surface area contributed by atoms with Crippen LogP contribution < -0.4 is 11.1 Å². The van der Waals surface area contributed by atoms with Crippen LogP contribution in [0, 0.1) is 0 Å². The highest BCUT2D eigenvalue weighted by Gasteiger charge is 2.07. The molecule has 16 heavy (non-hydrogen) atoms. The lowest BCUT2D eigenvalue weighted by molar-refractivity contribution is -0.121. The molecule has 0 spiro atoms. The first kappa shape index (κ1) is 15.1. The zero-order valence-electron chi connectivity index (χ0n) is 10.4. The standard InChI is InChI=1S/C12H24N2O2/c1-4-5-11(13)8-12(15)14-6-7-16-9-10(2)3/h11H,2,4-9,13H2,1,3H3,(H,14,15). The number of nitrogens with two attached hydrogens (primary N) is 1. The van der Waals surface area contributed by atoms with E-state index in [4.69, 9.17) is 10.5 Å². The summed E-state index contributed by atoms with van der Waals surface area (Å²) in [5, 5.41) is 2.77. The molecule has 0 aromatic heterocycles. The average Bonchev–Trinajstić information content (AvgIpc) is 2.16. The molecule has 0 saturated heterocycles. The minimum atomic E-state index is -0.0265. The van der Waals surface area contributed by atoms with Crippen LogP contribution in [0.15, 0.2) is 12.2 Å². The Morgan fingerprint density at radius 3 is 2.81 bits per heavy atom. The molecule has 3 N–H and O–H groups in total. The third-order valence-electron chi connectivity index (χ3n) is 2.02. The van der Waals surface area contributed by atoms with Crippen molar-refractivity contribution in [2.75, 3.05) is 19.8 Å². The number of nitrogens with one attached hydrogen (secondary N) is 1. The van der Waals surface area contributed by atoms with E-state index in [9.17, 15) is 4.79 Å². The first-order chi connectivity index (χ1) is 7.56. The topological polar surface area (TPSA) is 64.3 Å². The first-order valence-corrected chi connectivity index (χ1v) is 5.80. The maximum Gasteiger partial charge on any atom is 0.221 e. The Balaban J connectivity index is 3.40. The summed E-state index contributed by atoms with van der Waals surface area (Å²) in [6.45, 7) is 9.28. The minimum Gasteiger partial charge on any atom is -0.375 e. The van der Waals surface area contributed by atoms with Crippen molar-refractivity contribution < 1.29 is 9.53 Å². The number of ether oxygens (including phenoxy) is 1. The number of hydrogen-bond donors (Lipinski definition) is 2. The molecular formula is C12H24N2O2. The van der Waals surface area contributed by atoms with Crippen LogP contribution in [0.3, 0.4) is 0 Å². The molecule has 0 aromatic rings. The zero-order valence-corrected chi connectivity index (χ0v) is 10.4. The second kappa shape index (κ2) is 9.36. The minimum absolute atomic E-state index is 0.000116. The summed E-state index contributed by atoms with van der Waals surface area (Å²) in [4.78, 5) is 11.4. The van der Waals surface area contributed by atoms with E-state index in [1.807, 2.05) is 6.92 Å². The Morgan fingerprint density at radius 1 is 1.56 bits per heavy atom. The lowest BCUT2D eigenvalue weighted by Crippen LogP contribution is -2.33.